The Balaban J connectivity index is 3.08. The molecule has 1 aromatic rings. The maximum absolute atomic E-state index is 12.1. The van der Waals surface area contributed by atoms with Gasteiger partial charge in [-0.2, -0.15) is 11.8 Å². The van der Waals surface area contributed by atoms with Crippen LogP contribution < -0.4 is 16.0 Å². The topological polar surface area (TPSA) is 127 Å². The summed E-state index contributed by atoms with van der Waals surface area (Å²) in [6, 6.07) is 3.35. The van der Waals surface area contributed by atoms with Crippen LogP contribution in [-0.2, 0) is 10.0 Å². The smallest absolute Gasteiger partial charge is 0.271 e. The first kappa shape index (κ1) is 16.7. The van der Waals surface area contributed by atoms with E-state index in [-0.39, 0.29) is 28.1 Å². The molecular formula is C10H16N4O4S2. The summed E-state index contributed by atoms with van der Waals surface area (Å²) in [6.45, 7) is 2.13. The minimum Gasteiger partial charge on any atom is -0.323 e. The van der Waals surface area contributed by atoms with Gasteiger partial charge in [0.25, 0.3) is 5.69 Å². The third-order valence-electron chi connectivity index (χ3n) is 2.58. The van der Waals surface area contributed by atoms with Gasteiger partial charge in [0.15, 0.2) is 0 Å². The molecule has 4 N–H and O–H groups in total. The molecule has 0 aliphatic heterocycles. The molecule has 0 bridgehead atoms. The number of thioether (sulfide) groups is 1. The fourth-order valence-electron chi connectivity index (χ4n) is 1.37. The second kappa shape index (κ2) is 6.88. The van der Waals surface area contributed by atoms with Crippen molar-refractivity contribution in [1.29, 1.82) is 0 Å². The van der Waals surface area contributed by atoms with Crippen LogP contribution >= 0.6 is 11.8 Å². The fourth-order valence-corrected chi connectivity index (χ4v) is 3.00. The van der Waals surface area contributed by atoms with Gasteiger partial charge in [-0.15, -0.1) is 0 Å². The van der Waals surface area contributed by atoms with E-state index >= 15 is 0 Å². The van der Waals surface area contributed by atoms with E-state index in [9.17, 15) is 18.5 Å². The zero-order valence-corrected chi connectivity index (χ0v) is 12.6. The molecule has 0 amide bonds. The lowest BCUT2D eigenvalue weighted by Crippen LogP contribution is -2.30. The Labute approximate surface area is 121 Å². The van der Waals surface area contributed by atoms with E-state index in [4.69, 9.17) is 5.84 Å². The van der Waals surface area contributed by atoms with Crippen molar-refractivity contribution in [3.05, 3.63) is 28.3 Å². The molecule has 0 radical (unpaired) electrons. The number of nitrogens with two attached hydrogens (primary N) is 1. The van der Waals surface area contributed by atoms with Gasteiger partial charge in [0.05, 0.1) is 10.6 Å². The number of nitrogens with one attached hydrogen (secondary N) is 2. The van der Waals surface area contributed by atoms with Crippen LogP contribution in [0.1, 0.15) is 6.92 Å². The van der Waals surface area contributed by atoms with Gasteiger partial charge in [-0.25, -0.2) is 13.1 Å². The largest absolute Gasteiger partial charge is 0.323 e. The predicted molar refractivity (Wildman–Crippen MR) is 79.1 cm³/mol. The number of nitrogens with zero attached hydrogens (tertiary/aromatic N) is 1. The summed E-state index contributed by atoms with van der Waals surface area (Å²) >= 11 is 1.52. The van der Waals surface area contributed by atoms with Gasteiger partial charge in [-0.3, -0.25) is 16.0 Å². The Bertz CT molecular complexity index is 591. The molecule has 0 aliphatic carbocycles. The predicted octanol–water partition coefficient (Wildman–Crippen LogP) is 0.910. The Morgan fingerprint density at radius 1 is 1.50 bits per heavy atom. The van der Waals surface area contributed by atoms with Crippen molar-refractivity contribution in [2.75, 3.05) is 18.2 Å². The zero-order chi connectivity index (χ0) is 15.3. The Morgan fingerprint density at radius 2 is 2.15 bits per heavy atom. The molecule has 1 atom stereocenters. The molecule has 1 aromatic carbocycles. The van der Waals surface area contributed by atoms with Gasteiger partial charge in [0.1, 0.15) is 4.90 Å². The standard InChI is InChI=1S/C10H16N4O4S2/c1-7(19-2)6-12-20(17,18)10-4-3-8(14(15)16)5-9(10)13-11/h3-5,7,12-13H,6,11H2,1-2H3. The Hall–Kier alpha value is -1.36. The van der Waals surface area contributed by atoms with Gasteiger partial charge < -0.3 is 5.43 Å². The molecule has 1 rings (SSSR count). The van der Waals surface area contributed by atoms with Crippen LogP contribution in [0.25, 0.3) is 0 Å². The molecule has 0 fully saturated rings. The molecule has 20 heavy (non-hydrogen) atoms. The second-order valence-corrected chi connectivity index (χ2v) is 6.99. The highest BCUT2D eigenvalue weighted by molar-refractivity contribution is 7.99. The highest BCUT2D eigenvalue weighted by atomic mass is 32.2. The van der Waals surface area contributed by atoms with Crippen LogP contribution in [0, 0.1) is 10.1 Å². The first-order valence-corrected chi connectivity index (χ1v) is 8.36. The number of rotatable bonds is 7. The lowest BCUT2D eigenvalue weighted by atomic mass is 10.3. The normalized spacial score (nSPS) is 12.9. The number of hydrogen-bond donors (Lipinski definition) is 3. The van der Waals surface area contributed by atoms with E-state index in [1.54, 1.807) is 0 Å². The molecule has 0 heterocycles. The van der Waals surface area contributed by atoms with E-state index in [0.29, 0.717) is 0 Å². The quantitative estimate of drug-likeness (QED) is 0.387. The van der Waals surface area contributed by atoms with Crippen molar-refractivity contribution in [2.24, 2.45) is 5.84 Å². The first-order valence-electron chi connectivity index (χ1n) is 5.59. The van der Waals surface area contributed by atoms with Crippen LogP contribution in [0.3, 0.4) is 0 Å². The monoisotopic (exact) mass is 320 g/mol. The van der Waals surface area contributed by atoms with E-state index in [2.05, 4.69) is 10.1 Å². The molecule has 112 valence electrons. The van der Waals surface area contributed by atoms with Crippen molar-refractivity contribution >= 4 is 33.2 Å². The Morgan fingerprint density at radius 3 is 2.65 bits per heavy atom. The minimum absolute atomic E-state index is 0.0245. The molecule has 0 saturated heterocycles. The van der Waals surface area contributed by atoms with E-state index in [1.807, 2.05) is 13.2 Å². The lowest BCUT2D eigenvalue weighted by molar-refractivity contribution is -0.384. The van der Waals surface area contributed by atoms with Crippen LogP contribution in [0.4, 0.5) is 11.4 Å². The van der Waals surface area contributed by atoms with Crippen molar-refractivity contribution < 1.29 is 13.3 Å². The number of anilines is 1. The summed E-state index contributed by atoms with van der Waals surface area (Å²) in [5.74, 6) is 5.23. The van der Waals surface area contributed by atoms with Gasteiger partial charge in [-0.05, 0) is 12.3 Å². The summed E-state index contributed by atoms with van der Waals surface area (Å²) < 4.78 is 26.7. The molecular weight excluding hydrogens is 304 g/mol. The average molecular weight is 320 g/mol. The number of hydrogen-bond acceptors (Lipinski definition) is 7. The first-order chi connectivity index (χ1) is 9.31. The van der Waals surface area contributed by atoms with E-state index < -0.39 is 14.9 Å². The number of nitro benzene ring substituents is 1. The van der Waals surface area contributed by atoms with Crippen molar-refractivity contribution in [3.8, 4) is 0 Å². The number of nitro groups is 1. The zero-order valence-electron chi connectivity index (χ0n) is 11.0. The summed E-state index contributed by atoms with van der Waals surface area (Å²) in [4.78, 5) is 9.90. The van der Waals surface area contributed by atoms with Crippen molar-refractivity contribution in [3.63, 3.8) is 0 Å². The minimum atomic E-state index is -3.78. The highest BCUT2D eigenvalue weighted by Crippen LogP contribution is 2.25. The molecule has 10 heteroatoms. The SMILES string of the molecule is CSC(C)CNS(=O)(=O)c1ccc([N+](=O)[O-])cc1NN. The molecule has 1 unspecified atom stereocenters. The summed E-state index contributed by atoms with van der Waals surface area (Å²) in [7, 11) is -3.78. The third-order valence-corrected chi connectivity index (χ3v) is 5.04. The van der Waals surface area contributed by atoms with Gasteiger partial charge in [0.2, 0.25) is 10.0 Å². The molecule has 0 spiro atoms. The number of sulfonamides is 1. The molecule has 8 nitrogen and oxygen atoms in total. The van der Waals surface area contributed by atoms with Gasteiger partial charge >= 0.3 is 0 Å². The van der Waals surface area contributed by atoms with Gasteiger partial charge in [-0.1, -0.05) is 6.92 Å². The second-order valence-electron chi connectivity index (χ2n) is 3.98. The highest BCUT2D eigenvalue weighted by Gasteiger charge is 2.21. The summed E-state index contributed by atoms with van der Waals surface area (Å²) in [5, 5.41) is 10.8. The summed E-state index contributed by atoms with van der Waals surface area (Å²) in [5.41, 5.74) is 1.90. The average Bonchev–Trinajstić information content (AvgIpc) is 2.43. The fraction of sp³-hybridized carbons (Fsp3) is 0.400. The van der Waals surface area contributed by atoms with E-state index in [0.717, 1.165) is 18.2 Å². The molecule has 0 saturated carbocycles. The molecule has 0 aliphatic rings. The lowest BCUT2D eigenvalue weighted by Gasteiger charge is -2.13. The number of nitrogen functional groups attached to an aromatic ring is 1. The number of benzene rings is 1. The van der Waals surface area contributed by atoms with Crippen LogP contribution in [0.5, 0.6) is 0 Å². The Kier molecular flexibility index (Phi) is 5.74. The van der Waals surface area contributed by atoms with Crippen LogP contribution in [-0.4, -0.2) is 31.4 Å². The third kappa shape index (κ3) is 4.07. The maximum atomic E-state index is 12.1. The van der Waals surface area contributed by atoms with Gasteiger partial charge in [0, 0.05) is 23.9 Å². The van der Waals surface area contributed by atoms with Crippen molar-refractivity contribution in [1.82, 2.24) is 4.72 Å². The van der Waals surface area contributed by atoms with Crippen LogP contribution in [0.2, 0.25) is 0 Å². The van der Waals surface area contributed by atoms with E-state index in [1.165, 1.54) is 11.8 Å². The number of non-ortho nitro benzene ring substituents is 1. The summed E-state index contributed by atoms with van der Waals surface area (Å²) in [6.07, 6.45) is 1.87. The maximum Gasteiger partial charge on any atom is 0.271 e. The van der Waals surface area contributed by atoms with Crippen LogP contribution in [0.15, 0.2) is 23.1 Å². The van der Waals surface area contributed by atoms with Crippen molar-refractivity contribution in [2.45, 2.75) is 17.1 Å². The number of hydrazine groups is 1. The molecule has 0 aromatic heterocycles.